The monoisotopic (exact) mass is 401 g/mol. The standard InChI is InChI=1S/C17H12BrN3O4/c18-12-1-6-16-15(7-12)11(10-22)8-20(16)9-17(23)19-13-2-4-14(5-3-13)21(24)25/h1-8,10H,9H2,(H,19,23). The van der Waals surface area contributed by atoms with Gasteiger partial charge in [0.1, 0.15) is 6.54 Å². The maximum atomic E-state index is 12.2. The maximum Gasteiger partial charge on any atom is 0.269 e. The van der Waals surface area contributed by atoms with E-state index in [0.29, 0.717) is 11.3 Å². The minimum absolute atomic E-state index is 0.0168. The Morgan fingerprint density at radius 3 is 2.60 bits per heavy atom. The second-order valence-electron chi connectivity index (χ2n) is 5.34. The number of anilines is 1. The molecule has 126 valence electrons. The molecule has 2 aromatic carbocycles. The quantitative estimate of drug-likeness (QED) is 0.400. The van der Waals surface area contributed by atoms with Crippen molar-refractivity contribution in [3.05, 3.63) is 68.8 Å². The molecule has 0 saturated heterocycles. The van der Waals surface area contributed by atoms with Gasteiger partial charge in [0, 0.05) is 45.0 Å². The SMILES string of the molecule is O=Cc1cn(CC(=O)Nc2ccc([N+](=O)[O-])cc2)c2ccc(Br)cc12. The van der Waals surface area contributed by atoms with E-state index in [1.54, 1.807) is 10.8 Å². The number of hydrogen-bond donors (Lipinski definition) is 1. The van der Waals surface area contributed by atoms with E-state index in [9.17, 15) is 19.7 Å². The predicted octanol–water partition coefficient (Wildman–Crippen LogP) is 3.76. The number of hydrogen-bond acceptors (Lipinski definition) is 4. The van der Waals surface area contributed by atoms with Gasteiger partial charge >= 0.3 is 0 Å². The first-order chi connectivity index (χ1) is 12.0. The number of nitrogens with zero attached hydrogens (tertiary/aromatic N) is 2. The molecule has 1 aromatic heterocycles. The van der Waals surface area contributed by atoms with Crippen molar-refractivity contribution in [3.8, 4) is 0 Å². The Balaban J connectivity index is 1.80. The molecule has 0 radical (unpaired) electrons. The molecule has 7 nitrogen and oxygen atoms in total. The Labute approximate surface area is 150 Å². The minimum Gasteiger partial charge on any atom is -0.337 e. The number of aromatic nitrogens is 1. The Kier molecular flexibility index (Phi) is 4.62. The third-order valence-corrected chi connectivity index (χ3v) is 4.17. The molecule has 3 aromatic rings. The number of non-ortho nitro benzene ring substituents is 1. The van der Waals surface area contributed by atoms with Crippen molar-refractivity contribution in [2.45, 2.75) is 6.54 Å². The van der Waals surface area contributed by atoms with Gasteiger partial charge in [-0.1, -0.05) is 15.9 Å². The lowest BCUT2D eigenvalue weighted by Gasteiger charge is -2.07. The highest BCUT2D eigenvalue weighted by atomic mass is 79.9. The van der Waals surface area contributed by atoms with Crippen LogP contribution in [0.2, 0.25) is 0 Å². The number of benzene rings is 2. The Hall–Kier alpha value is -3.00. The van der Waals surface area contributed by atoms with Gasteiger partial charge in [-0.25, -0.2) is 0 Å². The van der Waals surface area contributed by atoms with Crippen molar-refractivity contribution in [2.24, 2.45) is 0 Å². The van der Waals surface area contributed by atoms with Crippen molar-refractivity contribution in [3.63, 3.8) is 0 Å². The van der Waals surface area contributed by atoms with Crippen LogP contribution in [0, 0.1) is 10.1 Å². The summed E-state index contributed by atoms with van der Waals surface area (Å²) in [5.41, 5.74) is 1.68. The number of rotatable bonds is 5. The average molecular weight is 402 g/mol. The molecule has 25 heavy (non-hydrogen) atoms. The summed E-state index contributed by atoms with van der Waals surface area (Å²) in [7, 11) is 0. The molecular formula is C17H12BrN3O4. The van der Waals surface area contributed by atoms with Crippen LogP contribution in [0.5, 0.6) is 0 Å². The largest absolute Gasteiger partial charge is 0.337 e. The van der Waals surface area contributed by atoms with E-state index in [1.165, 1.54) is 24.3 Å². The molecule has 0 fully saturated rings. The van der Waals surface area contributed by atoms with Crippen LogP contribution in [-0.4, -0.2) is 21.7 Å². The van der Waals surface area contributed by atoms with Crippen molar-refractivity contribution < 1.29 is 14.5 Å². The number of amides is 1. The zero-order chi connectivity index (χ0) is 18.0. The molecule has 0 aliphatic carbocycles. The van der Waals surface area contributed by atoms with Gasteiger partial charge in [0.05, 0.1) is 4.92 Å². The highest BCUT2D eigenvalue weighted by Gasteiger charge is 2.12. The summed E-state index contributed by atoms with van der Waals surface area (Å²) in [5, 5.41) is 14.1. The molecule has 0 unspecified atom stereocenters. The van der Waals surface area contributed by atoms with E-state index in [2.05, 4.69) is 21.2 Å². The van der Waals surface area contributed by atoms with Crippen LogP contribution in [-0.2, 0) is 11.3 Å². The maximum absolute atomic E-state index is 12.2. The average Bonchev–Trinajstić information content (AvgIpc) is 2.92. The molecule has 1 amide bonds. The summed E-state index contributed by atoms with van der Waals surface area (Å²) in [6.45, 7) is 0.0168. The fourth-order valence-corrected chi connectivity index (χ4v) is 2.90. The summed E-state index contributed by atoms with van der Waals surface area (Å²) in [4.78, 5) is 33.6. The number of carbonyl (C=O) groups is 2. The molecule has 3 rings (SSSR count). The van der Waals surface area contributed by atoms with Crippen LogP contribution in [0.25, 0.3) is 10.9 Å². The summed E-state index contributed by atoms with van der Waals surface area (Å²) in [5.74, 6) is -0.300. The molecule has 0 aliphatic rings. The van der Waals surface area contributed by atoms with Gasteiger partial charge in [-0.05, 0) is 30.3 Å². The first kappa shape index (κ1) is 16.8. The van der Waals surface area contributed by atoms with Crippen LogP contribution in [0.3, 0.4) is 0 Å². The fourth-order valence-electron chi connectivity index (χ4n) is 2.54. The zero-order valence-electron chi connectivity index (χ0n) is 12.8. The highest BCUT2D eigenvalue weighted by Crippen LogP contribution is 2.24. The second kappa shape index (κ2) is 6.86. The molecule has 8 heteroatoms. The van der Waals surface area contributed by atoms with E-state index < -0.39 is 4.92 Å². The van der Waals surface area contributed by atoms with Gasteiger partial charge in [-0.2, -0.15) is 0 Å². The molecule has 1 N–H and O–H groups in total. The molecule has 0 spiro atoms. The van der Waals surface area contributed by atoms with Crippen LogP contribution in [0.15, 0.2) is 53.1 Å². The van der Waals surface area contributed by atoms with Gasteiger partial charge in [0.25, 0.3) is 5.69 Å². The lowest BCUT2D eigenvalue weighted by molar-refractivity contribution is -0.384. The molecule has 0 atom stereocenters. The molecular weight excluding hydrogens is 390 g/mol. The molecule has 0 aliphatic heterocycles. The number of nitrogens with one attached hydrogen (secondary N) is 1. The Morgan fingerprint density at radius 1 is 1.24 bits per heavy atom. The van der Waals surface area contributed by atoms with Crippen LogP contribution in [0.1, 0.15) is 10.4 Å². The zero-order valence-corrected chi connectivity index (χ0v) is 14.4. The molecule has 0 bridgehead atoms. The van der Waals surface area contributed by atoms with Crippen molar-refractivity contribution in [1.82, 2.24) is 4.57 Å². The third-order valence-electron chi connectivity index (χ3n) is 3.68. The van der Waals surface area contributed by atoms with E-state index in [0.717, 1.165) is 21.7 Å². The van der Waals surface area contributed by atoms with Crippen LogP contribution in [0.4, 0.5) is 11.4 Å². The van der Waals surface area contributed by atoms with Gasteiger partial charge in [0.2, 0.25) is 5.91 Å². The third kappa shape index (κ3) is 3.58. The van der Waals surface area contributed by atoms with Gasteiger partial charge in [-0.3, -0.25) is 19.7 Å². The number of carbonyl (C=O) groups excluding carboxylic acids is 2. The van der Waals surface area contributed by atoms with E-state index in [1.807, 2.05) is 18.2 Å². The summed E-state index contributed by atoms with van der Waals surface area (Å²) in [6.07, 6.45) is 2.37. The van der Waals surface area contributed by atoms with Gasteiger partial charge in [0.15, 0.2) is 6.29 Å². The Bertz CT molecular complexity index is 979. The first-order valence-corrected chi connectivity index (χ1v) is 8.05. The second-order valence-corrected chi connectivity index (χ2v) is 6.26. The first-order valence-electron chi connectivity index (χ1n) is 7.26. The normalized spacial score (nSPS) is 10.6. The summed E-state index contributed by atoms with van der Waals surface area (Å²) in [6, 6.07) is 11.1. The fraction of sp³-hybridized carbons (Fsp3) is 0.0588. The number of halogens is 1. The smallest absolute Gasteiger partial charge is 0.269 e. The van der Waals surface area contributed by atoms with Crippen molar-refractivity contribution >= 4 is 50.4 Å². The summed E-state index contributed by atoms with van der Waals surface area (Å²) >= 11 is 3.36. The number of nitro benzene ring substituents is 1. The van der Waals surface area contributed by atoms with E-state index >= 15 is 0 Å². The highest BCUT2D eigenvalue weighted by molar-refractivity contribution is 9.10. The predicted molar refractivity (Wildman–Crippen MR) is 96.8 cm³/mol. The number of nitro groups is 1. The molecule has 1 heterocycles. The topological polar surface area (TPSA) is 94.2 Å². The molecule has 0 saturated carbocycles. The summed E-state index contributed by atoms with van der Waals surface area (Å²) < 4.78 is 2.53. The van der Waals surface area contributed by atoms with Gasteiger partial charge in [-0.15, -0.1) is 0 Å². The number of fused-ring (bicyclic) bond motifs is 1. The van der Waals surface area contributed by atoms with E-state index in [-0.39, 0.29) is 18.1 Å². The van der Waals surface area contributed by atoms with Crippen LogP contribution >= 0.6 is 15.9 Å². The van der Waals surface area contributed by atoms with E-state index in [4.69, 9.17) is 0 Å². The Morgan fingerprint density at radius 2 is 1.96 bits per heavy atom. The van der Waals surface area contributed by atoms with Crippen molar-refractivity contribution in [1.29, 1.82) is 0 Å². The van der Waals surface area contributed by atoms with Crippen LogP contribution < -0.4 is 5.32 Å². The van der Waals surface area contributed by atoms with Crippen molar-refractivity contribution in [2.75, 3.05) is 5.32 Å². The number of aldehydes is 1. The van der Waals surface area contributed by atoms with Gasteiger partial charge < -0.3 is 9.88 Å². The lowest BCUT2D eigenvalue weighted by Crippen LogP contribution is -2.18. The lowest BCUT2D eigenvalue weighted by atomic mass is 10.2. The minimum atomic E-state index is -0.503.